The van der Waals surface area contributed by atoms with E-state index in [1.807, 2.05) is 67.3 Å². The van der Waals surface area contributed by atoms with E-state index in [1.165, 1.54) is 0 Å². The molecule has 6 heteroatoms. The van der Waals surface area contributed by atoms with Crippen LogP contribution in [0.25, 0.3) is 11.1 Å². The molecule has 2 aromatic carbocycles. The summed E-state index contributed by atoms with van der Waals surface area (Å²) in [4.78, 5) is 27.2. The fourth-order valence-corrected chi connectivity index (χ4v) is 4.55. The minimum atomic E-state index is -0.565. The molecule has 0 bridgehead atoms. The van der Waals surface area contributed by atoms with Crippen molar-refractivity contribution < 1.29 is 19.1 Å². The topological polar surface area (TPSA) is 67.9 Å². The van der Waals surface area contributed by atoms with Crippen LogP contribution in [0, 0.1) is 0 Å². The molecule has 1 heterocycles. The Hall–Kier alpha value is -2.86. The lowest BCUT2D eigenvalue weighted by molar-refractivity contribution is 0.0303. The summed E-state index contributed by atoms with van der Waals surface area (Å²) < 4.78 is 11.1. The summed E-state index contributed by atoms with van der Waals surface area (Å²) >= 11 is 0. The van der Waals surface area contributed by atoms with Crippen molar-refractivity contribution in [1.29, 1.82) is 0 Å². The van der Waals surface area contributed by atoms with Crippen molar-refractivity contribution in [2.24, 2.45) is 0 Å². The normalized spacial score (nSPS) is 14.8. The van der Waals surface area contributed by atoms with Gasteiger partial charge in [-0.05, 0) is 61.9 Å². The lowest BCUT2D eigenvalue weighted by Gasteiger charge is -2.28. The molecule has 0 spiro atoms. The quantitative estimate of drug-likeness (QED) is 0.360. The molecule has 0 radical (unpaired) electrons. The van der Waals surface area contributed by atoms with Gasteiger partial charge in [-0.25, -0.2) is 4.79 Å². The van der Waals surface area contributed by atoms with E-state index >= 15 is 0 Å². The van der Waals surface area contributed by atoms with Crippen molar-refractivity contribution in [3.8, 4) is 11.1 Å². The molecule has 0 aliphatic carbocycles. The SMILES string of the molecule is CCCCCC(CCC)OC(=O)NC(C)(C)c1ccc(-c2ccc(C(=O)N3CCOCC3)cc2)cc1. The standard InChI is InChI=1S/C30H42N2O4/c1-5-7-8-10-27(9-6-2)36-29(34)31-30(3,4)26-17-15-24(16-18-26)23-11-13-25(14-12-23)28(33)32-19-21-35-22-20-32/h11-18,27H,5-10,19-22H2,1-4H3,(H,31,34). The van der Waals surface area contributed by atoms with Crippen LogP contribution >= 0.6 is 0 Å². The highest BCUT2D eigenvalue weighted by Gasteiger charge is 2.25. The van der Waals surface area contributed by atoms with Crippen LogP contribution in [-0.2, 0) is 15.0 Å². The first-order valence-electron chi connectivity index (χ1n) is 13.4. The smallest absolute Gasteiger partial charge is 0.408 e. The van der Waals surface area contributed by atoms with Crippen LogP contribution in [0.4, 0.5) is 4.79 Å². The number of nitrogens with one attached hydrogen (secondary N) is 1. The average molecular weight is 495 g/mol. The Bertz CT molecular complexity index is 963. The van der Waals surface area contributed by atoms with E-state index in [4.69, 9.17) is 9.47 Å². The second-order valence-corrected chi connectivity index (χ2v) is 10.1. The molecule has 1 aliphatic rings. The zero-order valence-corrected chi connectivity index (χ0v) is 22.3. The Morgan fingerprint density at radius 3 is 2.11 bits per heavy atom. The molecule has 1 saturated heterocycles. The van der Waals surface area contributed by atoms with Crippen molar-refractivity contribution in [3.05, 3.63) is 59.7 Å². The molecule has 1 atom stereocenters. The monoisotopic (exact) mass is 494 g/mol. The maximum atomic E-state index is 12.7. The van der Waals surface area contributed by atoms with E-state index in [0.29, 0.717) is 31.9 Å². The number of nitrogens with zero attached hydrogens (tertiary/aromatic N) is 1. The van der Waals surface area contributed by atoms with Gasteiger partial charge >= 0.3 is 6.09 Å². The molecule has 0 saturated carbocycles. The summed E-state index contributed by atoms with van der Waals surface area (Å²) in [6, 6.07) is 15.9. The third-order valence-electron chi connectivity index (χ3n) is 6.80. The van der Waals surface area contributed by atoms with Gasteiger partial charge in [-0.2, -0.15) is 0 Å². The average Bonchev–Trinajstić information content (AvgIpc) is 2.89. The van der Waals surface area contributed by atoms with Crippen LogP contribution in [0.15, 0.2) is 48.5 Å². The number of carbonyl (C=O) groups is 2. The van der Waals surface area contributed by atoms with Crippen LogP contribution in [0.5, 0.6) is 0 Å². The molecule has 1 fully saturated rings. The lowest BCUT2D eigenvalue weighted by Crippen LogP contribution is -2.42. The minimum absolute atomic E-state index is 0.0298. The first-order valence-corrected chi connectivity index (χ1v) is 13.4. The molecule has 1 unspecified atom stereocenters. The molecule has 3 rings (SSSR count). The van der Waals surface area contributed by atoms with Gasteiger partial charge in [-0.3, -0.25) is 4.79 Å². The van der Waals surface area contributed by atoms with Crippen LogP contribution in [0.2, 0.25) is 0 Å². The Morgan fingerprint density at radius 1 is 0.917 bits per heavy atom. The van der Waals surface area contributed by atoms with E-state index in [1.54, 1.807) is 0 Å². The molecule has 1 aliphatic heterocycles. The maximum absolute atomic E-state index is 12.7. The van der Waals surface area contributed by atoms with Gasteiger partial charge in [0, 0.05) is 18.7 Å². The molecule has 36 heavy (non-hydrogen) atoms. The Kier molecular flexibility index (Phi) is 10.4. The van der Waals surface area contributed by atoms with Gasteiger partial charge in [-0.15, -0.1) is 0 Å². The van der Waals surface area contributed by atoms with Crippen molar-refractivity contribution in [3.63, 3.8) is 0 Å². The number of alkyl carbamates (subject to hydrolysis) is 1. The molecule has 6 nitrogen and oxygen atoms in total. The van der Waals surface area contributed by atoms with Crippen molar-refractivity contribution in [1.82, 2.24) is 10.2 Å². The van der Waals surface area contributed by atoms with Crippen LogP contribution in [0.3, 0.4) is 0 Å². The maximum Gasteiger partial charge on any atom is 0.408 e. The number of ether oxygens (including phenoxy) is 2. The van der Waals surface area contributed by atoms with Gasteiger partial charge in [0.1, 0.15) is 6.10 Å². The molecular weight excluding hydrogens is 452 g/mol. The van der Waals surface area contributed by atoms with Crippen molar-refractivity contribution in [2.45, 2.75) is 77.9 Å². The third-order valence-corrected chi connectivity index (χ3v) is 6.80. The first kappa shape index (κ1) is 27.7. The van der Waals surface area contributed by atoms with E-state index in [9.17, 15) is 9.59 Å². The predicted octanol–water partition coefficient (Wildman–Crippen LogP) is 6.54. The summed E-state index contributed by atoms with van der Waals surface area (Å²) in [5.41, 5.74) is 3.23. The van der Waals surface area contributed by atoms with Gasteiger partial charge in [-0.1, -0.05) is 69.5 Å². The summed E-state index contributed by atoms with van der Waals surface area (Å²) in [6.07, 6.45) is 5.82. The van der Waals surface area contributed by atoms with Crippen LogP contribution < -0.4 is 5.32 Å². The third kappa shape index (κ3) is 7.82. The summed E-state index contributed by atoms with van der Waals surface area (Å²) in [6.45, 7) is 10.7. The second-order valence-electron chi connectivity index (χ2n) is 10.1. The number of hydrogen-bond acceptors (Lipinski definition) is 4. The number of carbonyl (C=O) groups excluding carboxylic acids is 2. The fourth-order valence-electron chi connectivity index (χ4n) is 4.55. The van der Waals surface area contributed by atoms with Gasteiger partial charge in [0.25, 0.3) is 5.91 Å². The van der Waals surface area contributed by atoms with E-state index in [2.05, 4.69) is 19.2 Å². The second kappa shape index (κ2) is 13.4. The predicted molar refractivity (Wildman–Crippen MR) is 144 cm³/mol. The van der Waals surface area contributed by atoms with Crippen molar-refractivity contribution in [2.75, 3.05) is 26.3 Å². The number of amides is 2. The summed E-state index contributed by atoms with van der Waals surface area (Å²) in [7, 11) is 0. The number of morpholine rings is 1. The molecular formula is C30H42N2O4. The highest BCUT2D eigenvalue weighted by Crippen LogP contribution is 2.26. The molecule has 1 N–H and O–H groups in total. The van der Waals surface area contributed by atoms with Gasteiger partial charge < -0.3 is 19.7 Å². The number of hydrogen-bond donors (Lipinski definition) is 1. The van der Waals surface area contributed by atoms with Crippen molar-refractivity contribution >= 4 is 12.0 Å². The van der Waals surface area contributed by atoms with Gasteiger partial charge in [0.2, 0.25) is 0 Å². The fraction of sp³-hybridized carbons (Fsp3) is 0.533. The largest absolute Gasteiger partial charge is 0.446 e. The number of unbranched alkanes of at least 4 members (excludes halogenated alkanes) is 2. The zero-order chi connectivity index (χ0) is 26.0. The number of benzene rings is 2. The Morgan fingerprint density at radius 2 is 1.53 bits per heavy atom. The summed E-state index contributed by atoms with van der Waals surface area (Å²) in [5.74, 6) is 0.0476. The van der Waals surface area contributed by atoms with E-state index in [0.717, 1.165) is 55.2 Å². The highest BCUT2D eigenvalue weighted by molar-refractivity contribution is 5.94. The van der Waals surface area contributed by atoms with Crippen LogP contribution in [-0.4, -0.2) is 49.3 Å². The minimum Gasteiger partial charge on any atom is -0.446 e. The zero-order valence-electron chi connectivity index (χ0n) is 22.3. The molecule has 2 amide bonds. The van der Waals surface area contributed by atoms with Gasteiger partial charge in [0.05, 0.1) is 18.8 Å². The first-order chi connectivity index (χ1) is 17.3. The Labute approximate surface area is 216 Å². The molecule has 2 aromatic rings. The summed E-state index contributed by atoms with van der Waals surface area (Å²) in [5, 5.41) is 3.05. The Balaban J connectivity index is 1.60. The molecule has 196 valence electrons. The van der Waals surface area contributed by atoms with E-state index in [-0.39, 0.29) is 18.1 Å². The lowest BCUT2D eigenvalue weighted by atomic mass is 9.92. The van der Waals surface area contributed by atoms with Gasteiger partial charge in [0.15, 0.2) is 0 Å². The number of rotatable bonds is 11. The molecule has 0 aromatic heterocycles. The van der Waals surface area contributed by atoms with E-state index < -0.39 is 5.54 Å². The van der Waals surface area contributed by atoms with Crippen LogP contribution in [0.1, 0.15) is 82.1 Å². The highest BCUT2D eigenvalue weighted by atomic mass is 16.6.